The van der Waals surface area contributed by atoms with Gasteiger partial charge in [0.1, 0.15) is 10.8 Å². The fourth-order valence-corrected chi connectivity index (χ4v) is 4.58. The van der Waals surface area contributed by atoms with Crippen LogP contribution in [0.15, 0.2) is 71.4 Å². The van der Waals surface area contributed by atoms with E-state index in [-0.39, 0.29) is 16.6 Å². The third-order valence-electron chi connectivity index (χ3n) is 5.15. The van der Waals surface area contributed by atoms with Gasteiger partial charge in [-0.2, -0.15) is 0 Å². The maximum atomic E-state index is 13.5. The lowest BCUT2D eigenvalue weighted by Crippen LogP contribution is -2.04. The molecule has 3 heterocycles. The minimum Gasteiger partial charge on any atom is -0.432 e. The van der Waals surface area contributed by atoms with Gasteiger partial charge in [-0.1, -0.05) is 58.5 Å². The second-order valence-electron chi connectivity index (χ2n) is 7.22. The molecule has 0 aliphatic heterocycles. The molecule has 5 rings (SSSR count). The number of hydrogen-bond acceptors (Lipinski definition) is 4. The highest BCUT2D eigenvalue weighted by atomic mass is 35.5. The Balaban J connectivity index is 1.61. The van der Waals surface area contributed by atoms with Crippen molar-refractivity contribution in [2.45, 2.75) is 6.54 Å². The molecule has 0 bridgehead atoms. The van der Waals surface area contributed by atoms with E-state index in [1.165, 1.54) is 6.20 Å². The smallest absolute Gasteiger partial charge is 0.269 e. The quantitative estimate of drug-likeness (QED) is 0.226. The molecule has 5 nitrogen and oxygen atoms in total. The highest BCUT2D eigenvalue weighted by Gasteiger charge is 2.27. The first-order valence-corrected chi connectivity index (χ1v) is 11.3. The fraction of sp³-hybridized carbons (Fsp3) is 0.0417. The van der Waals surface area contributed by atoms with E-state index in [0.717, 1.165) is 11.1 Å². The van der Waals surface area contributed by atoms with Gasteiger partial charge in [-0.3, -0.25) is 9.78 Å². The molecule has 0 saturated carbocycles. The molecular formula is C24H13Cl4N3O2. The summed E-state index contributed by atoms with van der Waals surface area (Å²) in [6.07, 6.45) is 3.09. The summed E-state index contributed by atoms with van der Waals surface area (Å²) >= 11 is 25.4. The highest BCUT2D eigenvalue weighted by molar-refractivity contribution is 6.38. The average molecular weight is 517 g/mol. The second kappa shape index (κ2) is 8.84. The molecule has 0 radical (unpaired) electrons. The minimum absolute atomic E-state index is 0.0962. The van der Waals surface area contributed by atoms with Crippen molar-refractivity contribution in [1.29, 1.82) is 0 Å². The molecule has 0 spiro atoms. The van der Waals surface area contributed by atoms with Crippen LogP contribution in [-0.4, -0.2) is 20.3 Å². The predicted molar refractivity (Wildman–Crippen MR) is 131 cm³/mol. The maximum Gasteiger partial charge on any atom is 0.269 e. The van der Waals surface area contributed by atoms with Crippen LogP contribution in [0.1, 0.15) is 21.8 Å². The molecule has 0 fully saturated rings. The van der Waals surface area contributed by atoms with Gasteiger partial charge >= 0.3 is 0 Å². The molecule has 3 aromatic heterocycles. The van der Waals surface area contributed by atoms with E-state index in [0.29, 0.717) is 38.5 Å². The molecule has 0 aliphatic carbocycles. The summed E-state index contributed by atoms with van der Waals surface area (Å²) in [4.78, 5) is 21.8. The van der Waals surface area contributed by atoms with Gasteiger partial charge in [-0.25, -0.2) is 4.98 Å². The molecule has 2 aromatic carbocycles. The molecule has 9 heteroatoms. The average Bonchev–Trinajstić information content (AvgIpc) is 3.39. The summed E-state index contributed by atoms with van der Waals surface area (Å²) in [7, 11) is 0. The van der Waals surface area contributed by atoms with Gasteiger partial charge < -0.3 is 8.98 Å². The third kappa shape index (κ3) is 4.13. The van der Waals surface area contributed by atoms with Gasteiger partial charge in [0.2, 0.25) is 0 Å². The number of oxazole rings is 1. The van der Waals surface area contributed by atoms with Crippen LogP contribution in [0.2, 0.25) is 20.2 Å². The van der Waals surface area contributed by atoms with Gasteiger partial charge in [0.15, 0.2) is 5.76 Å². The van der Waals surface area contributed by atoms with Crippen molar-refractivity contribution in [2.75, 3.05) is 0 Å². The van der Waals surface area contributed by atoms with E-state index < -0.39 is 5.78 Å². The van der Waals surface area contributed by atoms with E-state index in [9.17, 15) is 4.79 Å². The largest absolute Gasteiger partial charge is 0.432 e. The van der Waals surface area contributed by atoms with Gasteiger partial charge in [-0.05, 0) is 48.0 Å². The first-order valence-electron chi connectivity index (χ1n) is 9.75. The van der Waals surface area contributed by atoms with E-state index in [2.05, 4.69) is 9.97 Å². The number of ketones is 1. The van der Waals surface area contributed by atoms with Crippen LogP contribution in [0, 0.1) is 0 Å². The van der Waals surface area contributed by atoms with Crippen molar-refractivity contribution in [3.8, 4) is 11.5 Å². The predicted octanol–water partition coefficient (Wildman–Crippen LogP) is 7.58. The Kier molecular flexibility index (Phi) is 5.89. The molecule has 164 valence electrons. The van der Waals surface area contributed by atoms with E-state index in [4.69, 9.17) is 50.8 Å². The summed E-state index contributed by atoms with van der Waals surface area (Å²) in [6.45, 7) is 0.324. The number of hydrogen-bond donors (Lipinski definition) is 0. The lowest BCUT2D eigenvalue weighted by molar-refractivity contribution is 0.100. The number of pyridine rings is 1. The monoisotopic (exact) mass is 515 g/mol. The van der Waals surface area contributed by atoms with Crippen molar-refractivity contribution >= 4 is 63.1 Å². The SMILES string of the molecule is O=C(c1ncc(-c2ccccn2)o1)c1c(Cl)n(Cc2ccc(Cl)cc2Cl)c2ccc(Cl)cc12. The number of carbonyl (C=O) groups is 1. The topological polar surface area (TPSA) is 60.9 Å². The summed E-state index contributed by atoms with van der Waals surface area (Å²) < 4.78 is 7.51. The minimum atomic E-state index is -0.463. The first-order chi connectivity index (χ1) is 15.9. The number of nitrogens with zero attached hydrogens (tertiary/aromatic N) is 3. The summed E-state index contributed by atoms with van der Waals surface area (Å²) in [5.74, 6) is -0.179. The molecule has 0 unspecified atom stereocenters. The zero-order chi connectivity index (χ0) is 23.1. The number of fused-ring (bicyclic) bond motifs is 1. The second-order valence-corrected chi connectivity index (χ2v) is 8.86. The Labute approximate surface area is 208 Å². The molecule has 0 amide bonds. The van der Waals surface area contributed by atoms with Crippen LogP contribution in [-0.2, 0) is 6.54 Å². The Morgan fingerprint density at radius 1 is 0.939 bits per heavy atom. The fourth-order valence-electron chi connectivity index (χ4n) is 3.60. The van der Waals surface area contributed by atoms with E-state index >= 15 is 0 Å². The maximum absolute atomic E-state index is 13.5. The van der Waals surface area contributed by atoms with Gasteiger partial charge in [-0.15, -0.1) is 0 Å². The van der Waals surface area contributed by atoms with Crippen LogP contribution < -0.4 is 0 Å². The molecule has 0 N–H and O–H groups in total. The van der Waals surface area contributed by atoms with Crippen molar-refractivity contribution < 1.29 is 9.21 Å². The number of rotatable bonds is 5. The first kappa shape index (κ1) is 22.0. The molecule has 0 atom stereocenters. The zero-order valence-corrected chi connectivity index (χ0v) is 19.8. The van der Waals surface area contributed by atoms with Crippen LogP contribution in [0.5, 0.6) is 0 Å². The Hall–Kier alpha value is -2.83. The molecule has 5 aromatic rings. The van der Waals surface area contributed by atoms with Gasteiger partial charge in [0.05, 0.1) is 23.8 Å². The summed E-state index contributed by atoms with van der Waals surface area (Å²) in [5, 5.41) is 2.30. The standard InChI is InChI=1S/C24H13Cl4N3O2/c25-14-6-7-19-16(9-14)21(23(28)31(19)12-13-4-5-15(26)10-17(13)27)22(32)24-30-11-20(33-24)18-3-1-2-8-29-18/h1-11H,12H2. The normalized spacial score (nSPS) is 11.3. The molecule has 0 saturated heterocycles. The lowest BCUT2D eigenvalue weighted by Gasteiger charge is -2.09. The Morgan fingerprint density at radius 3 is 2.48 bits per heavy atom. The van der Waals surface area contributed by atoms with Gasteiger partial charge in [0.25, 0.3) is 11.7 Å². The van der Waals surface area contributed by atoms with Crippen LogP contribution in [0.25, 0.3) is 22.4 Å². The number of carbonyl (C=O) groups excluding carboxylic acids is 1. The lowest BCUT2D eigenvalue weighted by atomic mass is 10.1. The van der Waals surface area contributed by atoms with Gasteiger partial charge in [0, 0.05) is 26.7 Å². The number of halogens is 4. The van der Waals surface area contributed by atoms with Crippen molar-refractivity contribution in [1.82, 2.24) is 14.5 Å². The Morgan fingerprint density at radius 2 is 1.73 bits per heavy atom. The third-order valence-corrected chi connectivity index (χ3v) is 6.36. The van der Waals surface area contributed by atoms with Crippen LogP contribution >= 0.6 is 46.4 Å². The molecule has 33 heavy (non-hydrogen) atoms. The highest BCUT2D eigenvalue weighted by Crippen LogP contribution is 2.35. The zero-order valence-electron chi connectivity index (χ0n) is 16.7. The van der Waals surface area contributed by atoms with Crippen molar-refractivity contribution in [3.05, 3.63) is 104 Å². The van der Waals surface area contributed by atoms with Crippen LogP contribution in [0.4, 0.5) is 0 Å². The number of aromatic nitrogens is 3. The Bertz CT molecular complexity index is 1510. The van der Waals surface area contributed by atoms with Crippen molar-refractivity contribution in [2.24, 2.45) is 0 Å². The van der Waals surface area contributed by atoms with Crippen molar-refractivity contribution in [3.63, 3.8) is 0 Å². The molecule has 0 aliphatic rings. The molecular weight excluding hydrogens is 504 g/mol. The number of benzene rings is 2. The van der Waals surface area contributed by atoms with Crippen LogP contribution in [0.3, 0.4) is 0 Å². The summed E-state index contributed by atoms with van der Waals surface area (Å²) in [6, 6.07) is 15.8. The van der Waals surface area contributed by atoms with E-state index in [1.54, 1.807) is 53.2 Å². The summed E-state index contributed by atoms with van der Waals surface area (Å²) in [5.41, 5.74) is 2.32. The van der Waals surface area contributed by atoms with E-state index in [1.807, 2.05) is 12.1 Å².